The molecule has 3 saturated heterocycles. The zero-order valence-corrected chi connectivity index (χ0v) is 12.9. The van der Waals surface area contributed by atoms with E-state index in [1.165, 1.54) is 5.56 Å². The van der Waals surface area contributed by atoms with E-state index < -0.39 is 5.79 Å². The summed E-state index contributed by atoms with van der Waals surface area (Å²) >= 11 is 0. The average Bonchev–Trinajstić information content (AvgIpc) is 3.17. The Kier molecular flexibility index (Phi) is 3.90. The summed E-state index contributed by atoms with van der Waals surface area (Å²) in [6.07, 6.45) is 5.15. The van der Waals surface area contributed by atoms with Gasteiger partial charge in [-0.3, -0.25) is 4.90 Å². The van der Waals surface area contributed by atoms with Crippen LogP contribution in [0.2, 0.25) is 0 Å². The third kappa shape index (κ3) is 2.67. The Morgan fingerprint density at radius 1 is 1.09 bits per heavy atom. The van der Waals surface area contributed by atoms with Crippen molar-refractivity contribution in [3.05, 3.63) is 41.7 Å². The predicted octanol–water partition coefficient (Wildman–Crippen LogP) is 2.66. The SMILES string of the molecule is C(=C1\C[C@H](N2CCOCC2)[C@@]2(CCCO2)O1)/c1ccccc1. The number of hydrogen-bond donors (Lipinski definition) is 0. The molecule has 3 aliphatic rings. The van der Waals surface area contributed by atoms with Crippen LogP contribution in [0.4, 0.5) is 0 Å². The number of benzene rings is 1. The maximum atomic E-state index is 6.34. The molecule has 4 nitrogen and oxygen atoms in total. The highest BCUT2D eigenvalue weighted by Crippen LogP contribution is 2.44. The molecule has 3 heterocycles. The molecular weight excluding hydrogens is 278 g/mol. The normalized spacial score (nSPS) is 34.4. The van der Waals surface area contributed by atoms with Crippen LogP contribution >= 0.6 is 0 Å². The number of hydrogen-bond acceptors (Lipinski definition) is 4. The molecule has 1 aromatic rings. The second-order valence-electron chi connectivity index (χ2n) is 6.26. The molecule has 118 valence electrons. The maximum Gasteiger partial charge on any atom is 0.226 e. The molecule has 2 atom stereocenters. The standard InChI is InChI=1S/C18H23NO3/c1-2-5-15(6-3-1)13-16-14-17(19-8-11-20-12-9-19)18(22-16)7-4-10-21-18/h1-3,5-6,13,17H,4,7-12,14H2/b16-13-/t17-,18+/m0/s1. The van der Waals surface area contributed by atoms with Gasteiger partial charge in [-0.25, -0.2) is 0 Å². The van der Waals surface area contributed by atoms with Crippen molar-refractivity contribution in [3.8, 4) is 0 Å². The number of morpholine rings is 1. The Bertz CT molecular complexity index is 531. The summed E-state index contributed by atoms with van der Waals surface area (Å²) in [4.78, 5) is 2.49. The van der Waals surface area contributed by atoms with Crippen molar-refractivity contribution in [1.82, 2.24) is 4.90 Å². The smallest absolute Gasteiger partial charge is 0.226 e. The number of rotatable bonds is 2. The van der Waals surface area contributed by atoms with E-state index in [1.54, 1.807) is 0 Å². The fourth-order valence-corrected chi connectivity index (χ4v) is 3.78. The summed E-state index contributed by atoms with van der Waals surface area (Å²) in [5, 5.41) is 0. The van der Waals surface area contributed by atoms with Crippen LogP contribution in [0, 0.1) is 0 Å². The molecule has 3 fully saturated rings. The molecule has 0 N–H and O–H groups in total. The van der Waals surface area contributed by atoms with Gasteiger partial charge in [0.05, 0.1) is 25.9 Å². The van der Waals surface area contributed by atoms with Crippen LogP contribution in [0.3, 0.4) is 0 Å². The van der Waals surface area contributed by atoms with Crippen molar-refractivity contribution in [2.24, 2.45) is 0 Å². The first kappa shape index (κ1) is 14.2. The average molecular weight is 301 g/mol. The Balaban J connectivity index is 1.58. The lowest BCUT2D eigenvalue weighted by atomic mass is 10.0. The minimum Gasteiger partial charge on any atom is -0.465 e. The lowest BCUT2D eigenvalue weighted by Gasteiger charge is -2.38. The molecule has 3 aliphatic heterocycles. The van der Waals surface area contributed by atoms with E-state index in [9.17, 15) is 0 Å². The van der Waals surface area contributed by atoms with E-state index in [0.29, 0.717) is 6.04 Å². The van der Waals surface area contributed by atoms with Gasteiger partial charge in [0.1, 0.15) is 5.76 Å². The van der Waals surface area contributed by atoms with Crippen molar-refractivity contribution in [2.75, 3.05) is 32.9 Å². The minimum atomic E-state index is -0.433. The van der Waals surface area contributed by atoms with Gasteiger partial charge in [0.2, 0.25) is 5.79 Å². The molecule has 1 spiro atoms. The van der Waals surface area contributed by atoms with E-state index in [0.717, 1.165) is 57.9 Å². The molecule has 1 aromatic carbocycles. The molecule has 0 saturated carbocycles. The van der Waals surface area contributed by atoms with E-state index in [-0.39, 0.29) is 0 Å². The van der Waals surface area contributed by atoms with Gasteiger partial charge >= 0.3 is 0 Å². The quantitative estimate of drug-likeness (QED) is 0.840. The van der Waals surface area contributed by atoms with Gasteiger partial charge in [0, 0.05) is 25.9 Å². The highest BCUT2D eigenvalue weighted by molar-refractivity contribution is 5.52. The van der Waals surface area contributed by atoms with E-state index in [4.69, 9.17) is 14.2 Å². The fraction of sp³-hybridized carbons (Fsp3) is 0.556. The minimum absolute atomic E-state index is 0.314. The van der Waals surface area contributed by atoms with Gasteiger partial charge in [0.25, 0.3) is 0 Å². The van der Waals surface area contributed by atoms with Crippen molar-refractivity contribution in [1.29, 1.82) is 0 Å². The lowest BCUT2D eigenvalue weighted by molar-refractivity contribution is -0.198. The molecule has 0 amide bonds. The van der Waals surface area contributed by atoms with Crippen molar-refractivity contribution >= 4 is 6.08 Å². The van der Waals surface area contributed by atoms with E-state index >= 15 is 0 Å². The third-order valence-electron chi connectivity index (χ3n) is 4.84. The number of nitrogens with zero attached hydrogens (tertiary/aromatic N) is 1. The van der Waals surface area contributed by atoms with Crippen molar-refractivity contribution < 1.29 is 14.2 Å². The highest BCUT2D eigenvalue weighted by Gasteiger charge is 2.53. The third-order valence-corrected chi connectivity index (χ3v) is 4.84. The molecular formula is C18H23NO3. The molecule has 22 heavy (non-hydrogen) atoms. The van der Waals surface area contributed by atoms with Crippen LogP contribution in [0.15, 0.2) is 36.1 Å². The molecule has 0 unspecified atom stereocenters. The summed E-state index contributed by atoms with van der Waals surface area (Å²) in [6, 6.07) is 10.7. The zero-order chi connectivity index (χ0) is 14.8. The monoisotopic (exact) mass is 301 g/mol. The van der Waals surface area contributed by atoms with Gasteiger partial charge in [-0.2, -0.15) is 0 Å². The summed E-state index contributed by atoms with van der Waals surface area (Å²) in [7, 11) is 0. The first-order valence-corrected chi connectivity index (χ1v) is 8.26. The van der Waals surface area contributed by atoms with Crippen molar-refractivity contribution in [2.45, 2.75) is 31.1 Å². The molecule has 0 radical (unpaired) electrons. The largest absolute Gasteiger partial charge is 0.465 e. The molecule has 0 aromatic heterocycles. The van der Waals surface area contributed by atoms with Gasteiger partial charge in [-0.1, -0.05) is 30.3 Å². The lowest BCUT2D eigenvalue weighted by Crippen LogP contribution is -2.53. The Morgan fingerprint density at radius 3 is 2.64 bits per heavy atom. The van der Waals surface area contributed by atoms with Gasteiger partial charge in [-0.05, 0) is 18.1 Å². The molecule has 0 bridgehead atoms. The van der Waals surface area contributed by atoms with Gasteiger partial charge in [-0.15, -0.1) is 0 Å². The summed E-state index contributed by atoms with van der Waals surface area (Å²) in [6.45, 7) is 4.36. The van der Waals surface area contributed by atoms with E-state index in [2.05, 4.69) is 35.2 Å². The Morgan fingerprint density at radius 2 is 1.91 bits per heavy atom. The Hall–Kier alpha value is -1.36. The van der Waals surface area contributed by atoms with E-state index in [1.807, 2.05) is 6.07 Å². The van der Waals surface area contributed by atoms with Crippen LogP contribution in [-0.2, 0) is 14.2 Å². The number of ether oxygens (including phenoxy) is 3. The van der Waals surface area contributed by atoms with Gasteiger partial charge in [0.15, 0.2) is 0 Å². The van der Waals surface area contributed by atoms with Crippen LogP contribution in [0.1, 0.15) is 24.8 Å². The zero-order valence-electron chi connectivity index (χ0n) is 12.9. The van der Waals surface area contributed by atoms with Crippen LogP contribution < -0.4 is 0 Å². The highest BCUT2D eigenvalue weighted by atomic mass is 16.7. The van der Waals surface area contributed by atoms with Crippen LogP contribution in [0.25, 0.3) is 6.08 Å². The topological polar surface area (TPSA) is 30.9 Å². The second kappa shape index (κ2) is 6.03. The summed E-state index contributed by atoms with van der Waals surface area (Å²) in [5.41, 5.74) is 1.19. The molecule has 4 rings (SSSR count). The first-order chi connectivity index (χ1) is 10.9. The second-order valence-corrected chi connectivity index (χ2v) is 6.26. The molecule has 0 aliphatic carbocycles. The Labute approximate surface area is 131 Å². The van der Waals surface area contributed by atoms with Gasteiger partial charge < -0.3 is 14.2 Å². The molecule has 4 heteroatoms. The summed E-state index contributed by atoms with van der Waals surface area (Å²) < 4.78 is 17.9. The fourth-order valence-electron chi connectivity index (χ4n) is 3.78. The first-order valence-electron chi connectivity index (χ1n) is 8.26. The maximum absolute atomic E-state index is 6.34. The van der Waals surface area contributed by atoms with Crippen molar-refractivity contribution in [3.63, 3.8) is 0 Å². The predicted molar refractivity (Wildman–Crippen MR) is 84.2 cm³/mol. The van der Waals surface area contributed by atoms with Crippen LogP contribution in [-0.4, -0.2) is 49.6 Å². The van der Waals surface area contributed by atoms with Crippen LogP contribution in [0.5, 0.6) is 0 Å². The summed E-state index contributed by atoms with van der Waals surface area (Å²) in [5.74, 6) is 0.613.